The maximum atomic E-state index is 12.2. The first-order chi connectivity index (χ1) is 9.40. The van der Waals surface area contributed by atoms with Gasteiger partial charge in [0.25, 0.3) is 0 Å². The molecule has 1 aliphatic heterocycles. The third-order valence-electron chi connectivity index (χ3n) is 3.92. The fraction of sp³-hybridized carbons (Fsp3) is 0.538. The van der Waals surface area contributed by atoms with Crippen molar-refractivity contribution in [2.24, 2.45) is 5.92 Å². The molecule has 0 aromatic heterocycles. The van der Waals surface area contributed by atoms with E-state index < -0.39 is 10.0 Å². The van der Waals surface area contributed by atoms with Gasteiger partial charge in [-0.3, -0.25) is 0 Å². The zero-order valence-corrected chi connectivity index (χ0v) is 12.5. The summed E-state index contributed by atoms with van der Waals surface area (Å²) in [5.74, 6) is 0.322. The molecular weight excluding hydrogens is 278 g/mol. The minimum atomic E-state index is -3.59. The van der Waals surface area contributed by atoms with Crippen LogP contribution in [0.1, 0.15) is 13.3 Å². The third-order valence-corrected chi connectivity index (χ3v) is 5.36. The largest absolute Gasteiger partial charge is 0.399 e. The maximum Gasteiger partial charge on any atom is 0.242 e. The van der Waals surface area contributed by atoms with Crippen LogP contribution in [-0.2, 0) is 10.0 Å². The Morgan fingerprint density at radius 3 is 2.80 bits per heavy atom. The monoisotopic (exact) mass is 299 g/mol. The van der Waals surface area contributed by atoms with E-state index in [9.17, 15) is 13.5 Å². The summed E-state index contributed by atoms with van der Waals surface area (Å²) in [5, 5.41) is 9.54. The first-order valence-electron chi connectivity index (χ1n) is 6.61. The van der Waals surface area contributed by atoms with Gasteiger partial charge in [0.05, 0.1) is 18.3 Å². The van der Waals surface area contributed by atoms with E-state index in [1.165, 1.54) is 13.1 Å². The normalized spacial score (nSPS) is 23.2. The third kappa shape index (κ3) is 2.61. The van der Waals surface area contributed by atoms with Gasteiger partial charge in [-0.1, -0.05) is 6.92 Å². The van der Waals surface area contributed by atoms with E-state index in [-0.39, 0.29) is 17.5 Å². The van der Waals surface area contributed by atoms with Crippen molar-refractivity contribution >= 4 is 21.4 Å². The summed E-state index contributed by atoms with van der Waals surface area (Å²) in [4.78, 5) is 2.11. The molecule has 0 aliphatic carbocycles. The number of nitrogens with two attached hydrogens (primary N) is 1. The molecule has 2 unspecified atom stereocenters. The molecule has 1 fully saturated rings. The quantitative estimate of drug-likeness (QED) is 0.699. The second kappa shape index (κ2) is 5.59. The Labute approximate surface area is 119 Å². The van der Waals surface area contributed by atoms with E-state index in [4.69, 9.17) is 5.73 Å². The lowest BCUT2D eigenvalue weighted by atomic mass is 10.0. The van der Waals surface area contributed by atoms with Crippen molar-refractivity contribution in [1.82, 2.24) is 4.72 Å². The molecule has 20 heavy (non-hydrogen) atoms. The molecule has 1 saturated heterocycles. The highest BCUT2D eigenvalue weighted by molar-refractivity contribution is 7.89. The minimum Gasteiger partial charge on any atom is -0.399 e. The Morgan fingerprint density at radius 1 is 1.50 bits per heavy atom. The summed E-state index contributed by atoms with van der Waals surface area (Å²) in [6.45, 7) is 2.79. The number of benzene rings is 1. The molecule has 0 spiro atoms. The number of rotatable bonds is 4. The Bertz CT molecular complexity index is 589. The number of hydrogen-bond donors (Lipinski definition) is 3. The summed E-state index contributed by atoms with van der Waals surface area (Å²) in [6.07, 6.45) is 0.925. The van der Waals surface area contributed by atoms with Crippen LogP contribution in [0, 0.1) is 5.92 Å². The molecule has 6 nitrogen and oxygen atoms in total. The second-order valence-corrected chi connectivity index (χ2v) is 7.00. The second-order valence-electron chi connectivity index (χ2n) is 5.14. The molecule has 7 heteroatoms. The van der Waals surface area contributed by atoms with E-state index in [0.717, 1.165) is 13.0 Å². The summed E-state index contributed by atoms with van der Waals surface area (Å²) < 4.78 is 26.6. The van der Waals surface area contributed by atoms with Crippen LogP contribution in [0.5, 0.6) is 0 Å². The van der Waals surface area contributed by atoms with Crippen molar-refractivity contribution in [1.29, 1.82) is 0 Å². The van der Waals surface area contributed by atoms with E-state index in [2.05, 4.69) is 11.6 Å². The van der Waals surface area contributed by atoms with Gasteiger partial charge >= 0.3 is 0 Å². The van der Waals surface area contributed by atoms with Crippen molar-refractivity contribution in [2.75, 3.05) is 30.8 Å². The average molecular weight is 299 g/mol. The van der Waals surface area contributed by atoms with Gasteiger partial charge in [0.1, 0.15) is 4.90 Å². The lowest BCUT2D eigenvalue weighted by Crippen LogP contribution is -2.36. The molecule has 1 aliphatic rings. The SMILES string of the molecule is CNS(=O)(=O)c1cc(N)ccc1N1CCC(C)C1CO. The van der Waals surface area contributed by atoms with Gasteiger partial charge in [-0.25, -0.2) is 13.1 Å². The molecule has 2 rings (SSSR count). The van der Waals surface area contributed by atoms with Gasteiger partial charge in [0.15, 0.2) is 0 Å². The van der Waals surface area contributed by atoms with E-state index >= 15 is 0 Å². The first kappa shape index (κ1) is 15.1. The molecule has 0 saturated carbocycles. The molecule has 112 valence electrons. The van der Waals surface area contributed by atoms with Crippen LogP contribution in [0.15, 0.2) is 23.1 Å². The van der Waals surface area contributed by atoms with Crippen molar-refractivity contribution in [2.45, 2.75) is 24.3 Å². The number of nitrogens with one attached hydrogen (secondary N) is 1. The Balaban J connectivity index is 2.52. The zero-order valence-electron chi connectivity index (χ0n) is 11.7. The number of nitrogens with zero attached hydrogens (tertiary/aromatic N) is 1. The molecule has 0 radical (unpaired) electrons. The number of anilines is 2. The Kier molecular flexibility index (Phi) is 4.22. The fourth-order valence-electron chi connectivity index (χ4n) is 2.68. The maximum absolute atomic E-state index is 12.2. The van der Waals surface area contributed by atoms with Gasteiger partial charge in [0, 0.05) is 12.2 Å². The average Bonchev–Trinajstić information content (AvgIpc) is 2.79. The zero-order chi connectivity index (χ0) is 14.9. The van der Waals surface area contributed by atoms with Gasteiger partial charge < -0.3 is 15.7 Å². The predicted molar refractivity (Wildman–Crippen MR) is 79.1 cm³/mol. The number of aliphatic hydroxyl groups excluding tert-OH is 1. The van der Waals surface area contributed by atoms with Crippen molar-refractivity contribution in [3.05, 3.63) is 18.2 Å². The van der Waals surface area contributed by atoms with E-state index in [1.54, 1.807) is 12.1 Å². The number of aliphatic hydroxyl groups is 1. The van der Waals surface area contributed by atoms with Gasteiger partial charge in [-0.05, 0) is 37.6 Å². The van der Waals surface area contributed by atoms with Crippen LogP contribution in [0.2, 0.25) is 0 Å². The smallest absolute Gasteiger partial charge is 0.242 e. The van der Waals surface area contributed by atoms with Crippen LogP contribution >= 0.6 is 0 Å². The van der Waals surface area contributed by atoms with E-state index in [0.29, 0.717) is 17.3 Å². The molecule has 2 atom stereocenters. The van der Waals surface area contributed by atoms with Crippen LogP contribution in [-0.4, -0.2) is 39.8 Å². The molecule has 1 aromatic rings. The summed E-state index contributed by atoms with van der Waals surface area (Å²) in [7, 11) is -2.22. The molecule has 0 bridgehead atoms. The Hall–Kier alpha value is -1.31. The van der Waals surface area contributed by atoms with Crippen molar-refractivity contribution < 1.29 is 13.5 Å². The highest BCUT2D eigenvalue weighted by atomic mass is 32.2. The molecule has 0 amide bonds. The standard InChI is InChI=1S/C13H21N3O3S/c1-9-5-6-16(12(9)8-17)11-4-3-10(14)7-13(11)20(18,19)15-2/h3-4,7,9,12,15,17H,5-6,8,14H2,1-2H3. The lowest BCUT2D eigenvalue weighted by molar-refractivity contribution is 0.244. The predicted octanol–water partition coefficient (Wildman–Crippen LogP) is 0.384. The number of nitrogen functional groups attached to an aromatic ring is 1. The van der Waals surface area contributed by atoms with E-state index in [1.807, 2.05) is 4.90 Å². The van der Waals surface area contributed by atoms with Gasteiger partial charge in [-0.15, -0.1) is 0 Å². The summed E-state index contributed by atoms with van der Waals surface area (Å²) in [5.41, 5.74) is 6.70. The number of sulfonamides is 1. The summed E-state index contributed by atoms with van der Waals surface area (Å²) in [6, 6.07) is 4.78. The fourth-order valence-corrected chi connectivity index (χ4v) is 3.65. The van der Waals surface area contributed by atoms with Crippen molar-refractivity contribution in [3.63, 3.8) is 0 Å². The number of hydrogen-bond acceptors (Lipinski definition) is 5. The van der Waals surface area contributed by atoms with Crippen LogP contribution in [0.25, 0.3) is 0 Å². The van der Waals surface area contributed by atoms with Crippen LogP contribution in [0.4, 0.5) is 11.4 Å². The highest BCUT2D eigenvalue weighted by Gasteiger charge is 2.33. The first-order valence-corrected chi connectivity index (χ1v) is 8.09. The van der Waals surface area contributed by atoms with Crippen molar-refractivity contribution in [3.8, 4) is 0 Å². The molecular formula is C13H21N3O3S. The van der Waals surface area contributed by atoms with Gasteiger partial charge in [0.2, 0.25) is 10.0 Å². The molecule has 4 N–H and O–H groups in total. The topological polar surface area (TPSA) is 95.7 Å². The molecule has 1 aromatic carbocycles. The Morgan fingerprint density at radius 2 is 2.20 bits per heavy atom. The molecule has 1 heterocycles. The lowest BCUT2D eigenvalue weighted by Gasteiger charge is -2.29. The van der Waals surface area contributed by atoms with Crippen LogP contribution < -0.4 is 15.4 Å². The van der Waals surface area contributed by atoms with Crippen LogP contribution in [0.3, 0.4) is 0 Å². The van der Waals surface area contributed by atoms with Gasteiger partial charge in [-0.2, -0.15) is 0 Å². The minimum absolute atomic E-state index is 0.00455. The highest BCUT2D eigenvalue weighted by Crippen LogP contribution is 2.34. The summed E-state index contributed by atoms with van der Waals surface area (Å²) >= 11 is 0.